The van der Waals surface area contributed by atoms with Crippen molar-refractivity contribution in [3.05, 3.63) is 71.8 Å². The van der Waals surface area contributed by atoms with Gasteiger partial charge in [-0.25, -0.2) is 0 Å². The number of nitrogens with one attached hydrogen (secondary N) is 2. The predicted octanol–water partition coefficient (Wildman–Crippen LogP) is 2.34. The van der Waals surface area contributed by atoms with Gasteiger partial charge in [0.1, 0.15) is 6.61 Å². The fourth-order valence-corrected chi connectivity index (χ4v) is 4.26. The van der Waals surface area contributed by atoms with Crippen LogP contribution in [0, 0.1) is 0 Å². The van der Waals surface area contributed by atoms with Crippen LogP contribution in [0.1, 0.15) is 30.3 Å². The first kappa shape index (κ1) is 25.8. The van der Waals surface area contributed by atoms with Crippen LogP contribution in [-0.4, -0.2) is 81.1 Å². The molecule has 2 heterocycles. The topological polar surface area (TPSA) is 75.3 Å². The summed E-state index contributed by atoms with van der Waals surface area (Å²) in [7, 11) is 0. The van der Waals surface area contributed by atoms with Crippen LogP contribution in [0.2, 0.25) is 0 Å². The van der Waals surface area contributed by atoms with Crippen molar-refractivity contribution in [1.29, 1.82) is 0 Å². The third kappa shape index (κ3) is 8.68. The van der Waals surface area contributed by atoms with E-state index in [0.29, 0.717) is 13.2 Å². The summed E-state index contributed by atoms with van der Waals surface area (Å²) in [5, 5.41) is 7.04. The molecule has 2 aromatic rings. The van der Waals surface area contributed by atoms with Crippen molar-refractivity contribution in [2.75, 3.05) is 58.9 Å². The summed E-state index contributed by atoms with van der Waals surface area (Å²) in [6, 6.07) is 19.9. The summed E-state index contributed by atoms with van der Waals surface area (Å²) in [4.78, 5) is 16.8. The molecule has 2 aliphatic heterocycles. The Bertz CT molecular complexity index is 848. The molecule has 0 atom stereocenters. The molecule has 0 saturated carbocycles. The van der Waals surface area contributed by atoms with Gasteiger partial charge in [-0.2, -0.15) is 0 Å². The molecular formula is C27H38N4O4. The van der Waals surface area contributed by atoms with Gasteiger partial charge in [0.05, 0.1) is 6.54 Å². The lowest BCUT2D eigenvalue weighted by Crippen LogP contribution is -2.51. The molecule has 2 saturated heterocycles. The van der Waals surface area contributed by atoms with E-state index >= 15 is 0 Å². The van der Waals surface area contributed by atoms with Crippen LogP contribution in [0.4, 0.5) is 0 Å². The Balaban J connectivity index is 1.17. The number of hydrogen-bond donors (Lipinski definition) is 2. The van der Waals surface area contributed by atoms with Crippen LogP contribution in [0.15, 0.2) is 60.7 Å². The van der Waals surface area contributed by atoms with Gasteiger partial charge in [-0.05, 0) is 38.0 Å². The number of nitrogens with zero attached hydrogens (tertiary/aromatic N) is 2. The van der Waals surface area contributed by atoms with Crippen LogP contribution in [-0.2, 0) is 25.6 Å². The zero-order valence-electron chi connectivity index (χ0n) is 20.4. The van der Waals surface area contributed by atoms with E-state index in [0.717, 1.165) is 76.3 Å². The van der Waals surface area contributed by atoms with Crippen LogP contribution in [0.5, 0.6) is 0 Å². The number of hydrogen-bond acceptors (Lipinski definition) is 8. The fourth-order valence-electron chi connectivity index (χ4n) is 4.26. The Kier molecular flexibility index (Phi) is 10.5. The van der Waals surface area contributed by atoms with Crippen LogP contribution >= 0.6 is 0 Å². The highest BCUT2D eigenvalue weighted by atomic mass is 16.9. The molecule has 0 radical (unpaired) electrons. The summed E-state index contributed by atoms with van der Waals surface area (Å²) >= 11 is 0. The minimum Gasteiger partial charge on any atom is -0.460 e. The fraction of sp³-hybridized carbons (Fsp3) is 0.519. The number of carbonyl (C=O) groups is 1. The van der Waals surface area contributed by atoms with E-state index in [1.54, 1.807) is 0 Å². The zero-order valence-corrected chi connectivity index (χ0v) is 20.4. The average molecular weight is 483 g/mol. The molecule has 0 spiro atoms. The first-order valence-corrected chi connectivity index (χ1v) is 12.7. The van der Waals surface area contributed by atoms with E-state index < -0.39 is 0 Å². The van der Waals surface area contributed by atoms with E-state index in [1.165, 1.54) is 0 Å². The minimum absolute atomic E-state index is 0.173. The molecule has 35 heavy (non-hydrogen) atoms. The van der Waals surface area contributed by atoms with Crippen LogP contribution in [0.3, 0.4) is 0 Å². The second-order valence-electron chi connectivity index (χ2n) is 8.99. The van der Waals surface area contributed by atoms with Gasteiger partial charge in [-0.3, -0.25) is 14.6 Å². The molecule has 0 unspecified atom stereocenters. The van der Waals surface area contributed by atoms with Gasteiger partial charge in [0, 0.05) is 38.3 Å². The Labute approximate surface area is 208 Å². The van der Waals surface area contributed by atoms with Gasteiger partial charge in [-0.1, -0.05) is 60.7 Å². The van der Waals surface area contributed by atoms with E-state index in [9.17, 15) is 4.79 Å². The molecule has 2 aliphatic rings. The molecule has 8 heteroatoms. The van der Waals surface area contributed by atoms with Gasteiger partial charge in [0.2, 0.25) is 6.41 Å². The Morgan fingerprint density at radius 3 is 2.23 bits per heavy atom. The molecule has 8 nitrogen and oxygen atoms in total. The number of carbonyl (C=O) groups excluding carboxylic acids is 1. The van der Waals surface area contributed by atoms with Crippen molar-refractivity contribution in [1.82, 2.24) is 20.4 Å². The zero-order chi connectivity index (χ0) is 24.1. The highest BCUT2D eigenvalue weighted by Crippen LogP contribution is 2.33. The van der Waals surface area contributed by atoms with Gasteiger partial charge >= 0.3 is 5.97 Å². The van der Waals surface area contributed by atoms with Crippen LogP contribution in [0.25, 0.3) is 0 Å². The number of ether oxygens (including phenoxy) is 3. The van der Waals surface area contributed by atoms with Crippen molar-refractivity contribution in [3.8, 4) is 0 Å². The van der Waals surface area contributed by atoms with Gasteiger partial charge in [0.25, 0.3) is 0 Å². The first-order valence-electron chi connectivity index (χ1n) is 12.7. The maximum absolute atomic E-state index is 12.4. The van der Waals surface area contributed by atoms with Crippen molar-refractivity contribution >= 4 is 5.97 Å². The maximum atomic E-state index is 12.4. The van der Waals surface area contributed by atoms with Gasteiger partial charge < -0.3 is 24.8 Å². The molecule has 2 fully saturated rings. The van der Waals surface area contributed by atoms with Crippen molar-refractivity contribution in [3.63, 3.8) is 0 Å². The summed E-state index contributed by atoms with van der Waals surface area (Å²) in [5.41, 5.74) is 2.06. The third-order valence-electron chi connectivity index (χ3n) is 6.25. The number of rotatable bonds is 6. The smallest absolute Gasteiger partial charge is 0.320 e. The molecule has 2 aromatic carbocycles. The van der Waals surface area contributed by atoms with Gasteiger partial charge in [0.15, 0.2) is 6.29 Å². The second-order valence-corrected chi connectivity index (χ2v) is 8.99. The quantitative estimate of drug-likeness (QED) is 0.608. The highest BCUT2D eigenvalue weighted by Gasteiger charge is 2.36. The molecule has 2 N–H and O–H groups in total. The van der Waals surface area contributed by atoms with E-state index in [1.807, 2.05) is 60.7 Å². The molecule has 0 amide bonds. The standard InChI is InChI=1S/C27H38N4O4/c32-25(33-22-23-9-3-1-4-10-23)21-30-17-7-13-29-16-20-31(18-8-14-28-15-19-30)27-34-26(35-27)24-11-5-2-6-12-24/h1-6,9-12,26-29H,7-8,13-22H2. The summed E-state index contributed by atoms with van der Waals surface area (Å²) in [5.74, 6) is -0.173. The summed E-state index contributed by atoms with van der Waals surface area (Å²) in [6.45, 7) is 7.59. The van der Waals surface area contributed by atoms with Gasteiger partial charge in [-0.15, -0.1) is 0 Å². The average Bonchev–Trinajstić information content (AvgIpc) is 2.86. The Morgan fingerprint density at radius 1 is 0.829 bits per heavy atom. The summed E-state index contributed by atoms with van der Waals surface area (Å²) in [6.07, 6.45) is 1.41. The largest absolute Gasteiger partial charge is 0.460 e. The van der Waals surface area contributed by atoms with Crippen molar-refractivity contribution in [2.24, 2.45) is 0 Å². The van der Waals surface area contributed by atoms with E-state index in [-0.39, 0.29) is 18.7 Å². The molecule has 0 bridgehead atoms. The Morgan fingerprint density at radius 2 is 1.49 bits per heavy atom. The first-order chi connectivity index (χ1) is 17.3. The monoisotopic (exact) mass is 482 g/mol. The predicted molar refractivity (Wildman–Crippen MR) is 134 cm³/mol. The van der Waals surface area contributed by atoms with Crippen LogP contribution < -0.4 is 10.6 Å². The van der Waals surface area contributed by atoms with Crippen molar-refractivity contribution < 1.29 is 19.0 Å². The lowest BCUT2D eigenvalue weighted by molar-refractivity contribution is -0.435. The van der Waals surface area contributed by atoms with E-state index in [2.05, 4.69) is 20.4 Å². The Hall–Kier alpha value is -2.33. The third-order valence-corrected chi connectivity index (χ3v) is 6.25. The second kappa shape index (κ2) is 14.3. The summed E-state index contributed by atoms with van der Waals surface area (Å²) < 4.78 is 17.6. The normalized spacial score (nSPS) is 23.7. The number of benzene rings is 2. The molecule has 4 rings (SSSR count). The van der Waals surface area contributed by atoms with E-state index in [4.69, 9.17) is 14.2 Å². The highest BCUT2D eigenvalue weighted by molar-refractivity contribution is 5.71. The SMILES string of the molecule is O=C(CN1CCCNCCN(C2OC(c3ccccc3)O2)CCCNCC1)OCc1ccccc1. The molecule has 0 aromatic heterocycles. The lowest BCUT2D eigenvalue weighted by atomic mass is 10.2. The molecular weight excluding hydrogens is 444 g/mol. The lowest BCUT2D eigenvalue weighted by Gasteiger charge is -2.42. The molecule has 190 valence electrons. The van der Waals surface area contributed by atoms with Crippen molar-refractivity contribution in [2.45, 2.75) is 32.2 Å². The number of esters is 1. The minimum atomic E-state index is -0.285. The molecule has 0 aliphatic carbocycles. The maximum Gasteiger partial charge on any atom is 0.320 e.